The number of hydrogen-bond donors (Lipinski definition) is 2. The van der Waals surface area contributed by atoms with E-state index in [-0.39, 0.29) is 24.1 Å². The summed E-state index contributed by atoms with van der Waals surface area (Å²) in [6.07, 6.45) is -1.93. The highest BCUT2D eigenvalue weighted by molar-refractivity contribution is 5.92. The third-order valence-electron chi connectivity index (χ3n) is 2.99. The normalized spacial score (nSPS) is 16.4. The van der Waals surface area contributed by atoms with Gasteiger partial charge >= 0.3 is 6.18 Å². The van der Waals surface area contributed by atoms with E-state index in [0.29, 0.717) is 0 Å². The van der Waals surface area contributed by atoms with Crippen LogP contribution in [0.4, 0.5) is 13.2 Å². The van der Waals surface area contributed by atoms with Crippen LogP contribution in [0.5, 0.6) is 0 Å². The fourth-order valence-electron chi connectivity index (χ4n) is 1.96. The molecule has 0 unspecified atom stereocenters. The average Bonchev–Trinajstić information content (AvgIpc) is 2.39. The van der Waals surface area contributed by atoms with Crippen LogP contribution in [0.3, 0.4) is 0 Å². The zero-order valence-electron chi connectivity index (χ0n) is 10.5. The quantitative estimate of drug-likeness (QED) is 0.878. The predicted molar refractivity (Wildman–Crippen MR) is 69.8 cm³/mol. The maximum Gasteiger partial charge on any atom is 0.416 e. The van der Waals surface area contributed by atoms with E-state index in [4.69, 9.17) is 0 Å². The van der Waals surface area contributed by atoms with Crippen molar-refractivity contribution in [3.05, 3.63) is 29.6 Å². The lowest BCUT2D eigenvalue weighted by Gasteiger charge is -2.23. The van der Waals surface area contributed by atoms with Gasteiger partial charge in [0.1, 0.15) is 5.69 Å². The van der Waals surface area contributed by atoms with Crippen molar-refractivity contribution in [1.29, 1.82) is 0 Å². The third-order valence-corrected chi connectivity index (χ3v) is 2.99. The highest BCUT2D eigenvalue weighted by Gasteiger charge is 2.31. The number of carbonyl (C=O) groups is 1. The lowest BCUT2D eigenvalue weighted by atomic mass is 10.1. The van der Waals surface area contributed by atoms with Crippen molar-refractivity contribution in [2.24, 2.45) is 0 Å². The SMILES string of the molecule is Cl.O=C(NC1CCNCC1)c1cc(C(F)(F)F)ccn1. The molecule has 2 rings (SSSR count). The Morgan fingerprint density at radius 2 is 2.00 bits per heavy atom. The van der Waals surface area contributed by atoms with Crippen LogP contribution in [0, 0.1) is 0 Å². The number of amides is 1. The first-order chi connectivity index (χ1) is 8.97. The van der Waals surface area contributed by atoms with Gasteiger partial charge in [-0.3, -0.25) is 9.78 Å². The molecule has 1 aromatic rings. The lowest BCUT2D eigenvalue weighted by Crippen LogP contribution is -2.43. The van der Waals surface area contributed by atoms with E-state index in [0.717, 1.165) is 44.3 Å². The summed E-state index contributed by atoms with van der Waals surface area (Å²) in [5.74, 6) is -0.557. The van der Waals surface area contributed by atoms with Crippen LogP contribution in [-0.4, -0.2) is 30.0 Å². The molecule has 0 atom stereocenters. The number of carbonyl (C=O) groups excluding carboxylic acids is 1. The van der Waals surface area contributed by atoms with Crippen LogP contribution in [0.25, 0.3) is 0 Å². The number of alkyl halides is 3. The van der Waals surface area contributed by atoms with Gasteiger partial charge in [0.2, 0.25) is 0 Å². The van der Waals surface area contributed by atoms with Gasteiger partial charge in [0.05, 0.1) is 5.56 Å². The van der Waals surface area contributed by atoms with E-state index in [1.165, 1.54) is 0 Å². The minimum absolute atomic E-state index is 0. The molecule has 0 aliphatic carbocycles. The minimum Gasteiger partial charge on any atom is -0.348 e. The molecule has 1 amide bonds. The van der Waals surface area contributed by atoms with Gasteiger partial charge in [0.15, 0.2) is 0 Å². The Balaban J connectivity index is 0.00000200. The standard InChI is InChI=1S/C12H14F3N3O.ClH/c13-12(14,15)8-1-6-17-10(7-8)11(19)18-9-2-4-16-5-3-9;/h1,6-7,9,16H,2-5H2,(H,18,19);1H. The summed E-state index contributed by atoms with van der Waals surface area (Å²) in [6.45, 7) is 1.59. The monoisotopic (exact) mass is 309 g/mol. The third kappa shape index (κ3) is 4.35. The summed E-state index contributed by atoms with van der Waals surface area (Å²) in [7, 11) is 0. The van der Waals surface area contributed by atoms with Gasteiger partial charge in [-0.2, -0.15) is 13.2 Å². The maximum absolute atomic E-state index is 12.5. The molecule has 0 saturated carbocycles. The number of pyridine rings is 1. The topological polar surface area (TPSA) is 54.0 Å². The predicted octanol–water partition coefficient (Wildman–Crippen LogP) is 2.00. The number of nitrogens with one attached hydrogen (secondary N) is 2. The van der Waals surface area contributed by atoms with Crippen LogP contribution in [0.1, 0.15) is 28.9 Å². The van der Waals surface area contributed by atoms with Gasteiger partial charge in [-0.15, -0.1) is 12.4 Å². The molecule has 8 heteroatoms. The van der Waals surface area contributed by atoms with Crippen molar-refractivity contribution in [3.63, 3.8) is 0 Å². The Morgan fingerprint density at radius 3 is 2.60 bits per heavy atom. The number of halogens is 4. The van der Waals surface area contributed by atoms with E-state index < -0.39 is 17.6 Å². The van der Waals surface area contributed by atoms with Gasteiger partial charge in [0, 0.05) is 12.2 Å². The van der Waals surface area contributed by atoms with Gasteiger partial charge in [-0.1, -0.05) is 0 Å². The summed E-state index contributed by atoms with van der Waals surface area (Å²) < 4.78 is 37.6. The largest absolute Gasteiger partial charge is 0.416 e. The zero-order chi connectivity index (χ0) is 13.9. The first kappa shape index (κ1) is 16.7. The fraction of sp³-hybridized carbons (Fsp3) is 0.500. The molecule has 2 heterocycles. The lowest BCUT2D eigenvalue weighted by molar-refractivity contribution is -0.137. The van der Waals surface area contributed by atoms with Crippen LogP contribution in [0.2, 0.25) is 0 Å². The number of hydrogen-bond acceptors (Lipinski definition) is 3. The van der Waals surface area contributed by atoms with Gasteiger partial charge < -0.3 is 10.6 Å². The molecule has 1 saturated heterocycles. The van der Waals surface area contributed by atoms with E-state index in [9.17, 15) is 18.0 Å². The molecule has 0 aromatic carbocycles. The molecule has 1 aliphatic heterocycles. The van der Waals surface area contributed by atoms with Gasteiger partial charge in [-0.25, -0.2) is 0 Å². The first-order valence-corrected chi connectivity index (χ1v) is 6.01. The Labute approximate surface area is 120 Å². The van der Waals surface area contributed by atoms with E-state index >= 15 is 0 Å². The van der Waals surface area contributed by atoms with Crippen LogP contribution in [-0.2, 0) is 6.18 Å². The molecule has 0 radical (unpaired) electrons. The van der Waals surface area contributed by atoms with Crippen molar-refractivity contribution in [1.82, 2.24) is 15.6 Å². The fourth-order valence-corrected chi connectivity index (χ4v) is 1.96. The molecule has 4 nitrogen and oxygen atoms in total. The van der Waals surface area contributed by atoms with Crippen molar-refractivity contribution < 1.29 is 18.0 Å². The Hall–Kier alpha value is -1.34. The van der Waals surface area contributed by atoms with E-state index in [1.807, 2.05) is 0 Å². The second-order valence-electron chi connectivity index (χ2n) is 4.43. The summed E-state index contributed by atoms with van der Waals surface area (Å²) in [4.78, 5) is 15.5. The number of aromatic nitrogens is 1. The van der Waals surface area contributed by atoms with Crippen LogP contribution >= 0.6 is 12.4 Å². The molecule has 20 heavy (non-hydrogen) atoms. The number of rotatable bonds is 2. The maximum atomic E-state index is 12.5. The number of piperidine rings is 1. The molecular weight excluding hydrogens is 295 g/mol. The first-order valence-electron chi connectivity index (χ1n) is 6.01. The van der Waals surface area contributed by atoms with Crippen molar-refractivity contribution in [3.8, 4) is 0 Å². The smallest absolute Gasteiger partial charge is 0.348 e. The Morgan fingerprint density at radius 1 is 1.35 bits per heavy atom. The highest BCUT2D eigenvalue weighted by atomic mass is 35.5. The molecule has 1 fully saturated rings. The van der Waals surface area contributed by atoms with Crippen molar-refractivity contribution in [2.75, 3.05) is 13.1 Å². The van der Waals surface area contributed by atoms with Gasteiger partial charge in [-0.05, 0) is 38.1 Å². The number of nitrogens with zero attached hydrogens (tertiary/aromatic N) is 1. The zero-order valence-corrected chi connectivity index (χ0v) is 11.4. The molecular formula is C12H15ClF3N3O. The molecule has 0 spiro atoms. The second kappa shape index (κ2) is 6.90. The summed E-state index contributed by atoms with van der Waals surface area (Å²) in [6, 6.07) is 1.61. The molecule has 0 bridgehead atoms. The molecule has 1 aliphatic rings. The second-order valence-corrected chi connectivity index (χ2v) is 4.43. The highest BCUT2D eigenvalue weighted by Crippen LogP contribution is 2.28. The minimum atomic E-state index is -4.47. The summed E-state index contributed by atoms with van der Waals surface area (Å²) >= 11 is 0. The summed E-state index contributed by atoms with van der Waals surface area (Å²) in [5.41, 5.74) is -1.06. The summed E-state index contributed by atoms with van der Waals surface area (Å²) in [5, 5.41) is 5.85. The molecule has 2 N–H and O–H groups in total. The van der Waals surface area contributed by atoms with Crippen molar-refractivity contribution >= 4 is 18.3 Å². The molecule has 112 valence electrons. The van der Waals surface area contributed by atoms with E-state index in [2.05, 4.69) is 15.6 Å². The Kier molecular flexibility index (Phi) is 5.76. The van der Waals surface area contributed by atoms with Crippen LogP contribution < -0.4 is 10.6 Å². The van der Waals surface area contributed by atoms with Crippen LogP contribution in [0.15, 0.2) is 18.3 Å². The Bertz CT molecular complexity index is 462. The van der Waals surface area contributed by atoms with Crippen molar-refractivity contribution in [2.45, 2.75) is 25.1 Å². The average molecular weight is 310 g/mol. The molecule has 1 aromatic heterocycles. The van der Waals surface area contributed by atoms with E-state index in [1.54, 1.807) is 0 Å². The van der Waals surface area contributed by atoms with Gasteiger partial charge in [0.25, 0.3) is 5.91 Å².